The molecule has 1 aromatic carbocycles. The maximum atomic E-state index is 11.4. The van der Waals surface area contributed by atoms with Crippen LogP contribution in [0.4, 0.5) is 4.79 Å². The zero-order valence-corrected chi connectivity index (χ0v) is 10.2. The number of para-hydroxylation sites is 1. The molecule has 0 aliphatic rings. The predicted molar refractivity (Wildman–Crippen MR) is 64.9 cm³/mol. The molecule has 0 aliphatic heterocycles. The normalized spacial score (nSPS) is 13.5. The summed E-state index contributed by atoms with van der Waals surface area (Å²) in [5, 5.41) is 11.5. The van der Waals surface area contributed by atoms with Crippen LogP contribution in [0.2, 0.25) is 0 Å². The summed E-state index contributed by atoms with van der Waals surface area (Å²) in [6, 6.07) is 5.87. The van der Waals surface area contributed by atoms with Crippen molar-refractivity contribution in [3.8, 4) is 5.75 Å². The third kappa shape index (κ3) is 3.74. The molecule has 0 saturated heterocycles. The molecule has 1 rings (SSSR count). The lowest BCUT2D eigenvalue weighted by Crippen LogP contribution is -2.42. The molecule has 0 bridgehead atoms. The SMILES string of the molecule is CC(Oc1ccccc1[C@@H](C)O)C(=O)NC(N)=O. The third-order valence-electron chi connectivity index (χ3n) is 2.29. The zero-order chi connectivity index (χ0) is 13.7. The number of carbonyl (C=O) groups excluding carboxylic acids is 2. The Morgan fingerprint density at radius 3 is 2.50 bits per heavy atom. The fraction of sp³-hybridized carbons (Fsp3) is 0.333. The first-order chi connectivity index (χ1) is 8.41. The Morgan fingerprint density at radius 2 is 1.94 bits per heavy atom. The van der Waals surface area contributed by atoms with Gasteiger partial charge in [0.05, 0.1) is 6.10 Å². The Hall–Kier alpha value is -2.08. The summed E-state index contributed by atoms with van der Waals surface area (Å²) in [6.07, 6.45) is -1.61. The van der Waals surface area contributed by atoms with Crippen LogP contribution in [0.3, 0.4) is 0 Å². The Morgan fingerprint density at radius 1 is 1.33 bits per heavy atom. The maximum absolute atomic E-state index is 11.4. The van der Waals surface area contributed by atoms with Gasteiger partial charge in [-0.3, -0.25) is 10.1 Å². The second-order valence-corrected chi connectivity index (χ2v) is 3.83. The van der Waals surface area contributed by atoms with Crippen LogP contribution < -0.4 is 15.8 Å². The smallest absolute Gasteiger partial charge is 0.318 e. The quantitative estimate of drug-likeness (QED) is 0.734. The minimum Gasteiger partial charge on any atom is -0.481 e. The number of benzene rings is 1. The van der Waals surface area contributed by atoms with E-state index in [-0.39, 0.29) is 0 Å². The van der Waals surface area contributed by atoms with Crippen LogP contribution in [0.25, 0.3) is 0 Å². The van der Waals surface area contributed by atoms with Gasteiger partial charge in [0, 0.05) is 5.56 Å². The average molecular weight is 252 g/mol. The van der Waals surface area contributed by atoms with Crippen molar-refractivity contribution in [1.29, 1.82) is 0 Å². The largest absolute Gasteiger partial charge is 0.481 e. The monoisotopic (exact) mass is 252 g/mol. The minimum absolute atomic E-state index is 0.389. The fourth-order valence-corrected chi connectivity index (χ4v) is 1.40. The first-order valence-electron chi connectivity index (χ1n) is 5.45. The molecule has 0 fully saturated rings. The molecule has 0 radical (unpaired) electrons. The van der Waals surface area contributed by atoms with Gasteiger partial charge in [-0.25, -0.2) is 4.79 Å². The van der Waals surface area contributed by atoms with E-state index in [9.17, 15) is 14.7 Å². The molecule has 0 heterocycles. The Bertz CT molecular complexity index is 445. The summed E-state index contributed by atoms with van der Waals surface area (Å²) < 4.78 is 5.39. The van der Waals surface area contributed by atoms with Gasteiger partial charge in [0.15, 0.2) is 6.10 Å². The van der Waals surface area contributed by atoms with E-state index in [0.717, 1.165) is 0 Å². The van der Waals surface area contributed by atoms with Gasteiger partial charge in [-0.2, -0.15) is 0 Å². The van der Waals surface area contributed by atoms with Crippen LogP contribution in [0.15, 0.2) is 24.3 Å². The summed E-state index contributed by atoms with van der Waals surface area (Å²) in [5.74, 6) is -0.248. The molecule has 1 unspecified atom stereocenters. The number of imide groups is 1. The average Bonchev–Trinajstić information content (AvgIpc) is 2.28. The van der Waals surface area contributed by atoms with Crippen LogP contribution >= 0.6 is 0 Å². The summed E-state index contributed by atoms with van der Waals surface area (Å²) in [7, 11) is 0. The minimum atomic E-state index is -0.931. The summed E-state index contributed by atoms with van der Waals surface area (Å²) in [5.41, 5.74) is 5.40. The molecule has 3 amide bonds. The molecule has 98 valence electrons. The van der Waals surface area contributed by atoms with Crippen molar-refractivity contribution in [3.63, 3.8) is 0 Å². The van der Waals surface area contributed by atoms with Crippen LogP contribution in [-0.4, -0.2) is 23.1 Å². The Kier molecular flexibility index (Phi) is 4.67. The summed E-state index contributed by atoms with van der Waals surface area (Å²) in [4.78, 5) is 22.0. The highest BCUT2D eigenvalue weighted by atomic mass is 16.5. The van der Waals surface area contributed by atoms with Gasteiger partial charge in [-0.05, 0) is 19.9 Å². The number of rotatable bonds is 4. The van der Waals surface area contributed by atoms with E-state index >= 15 is 0 Å². The van der Waals surface area contributed by atoms with Crippen LogP contribution in [0, 0.1) is 0 Å². The van der Waals surface area contributed by atoms with Crippen molar-refractivity contribution in [3.05, 3.63) is 29.8 Å². The van der Waals surface area contributed by atoms with Crippen molar-refractivity contribution >= 4 is 11.9 Å². The Balaban J connectivity index is 2.78. The van der Waals surface area contributed by atoms with Gasteiger partial charge >= 0.3 is 6.03 Å². The topological polar surface area (TPSA) is 102 Å². The molecule has 0 aromatic heterocycles. The van der Waals surface area contributed by atoms with E-state index in [2.05, 4.69) is 0 Å². The number of amides is 3. The van der Waals surface area contributed by atoms with Crippen LogP contribution in [-0.2, 0) is 4.79 Å². The van der Waals surface area contributed by atoms with E-state index < -0.39 is 24.1 Å². The number of urea groups is 1. The number of carbonyl (C=O) groups is 2. The van der Waals surface area contributed by atoms with Gasteiger partial charge in [0.25, 0.3) is 5.91 Å². The molecule has 0 spiro atoms. The van der Waals surface area contributed by atoms with E-state index in [1.165, 1.54) is 6.92 Å². The highest BCUT2D eigenvalue weighted by Crippen LogP contribution is 2.25. The highest BCUT2D eigenvalue weighted by Gasteiger charge is 2.18. The standard InChI is InChI=1S/C12H16N2O4/c1-7(15)9-5-3-4-6-10(9)18-8(2)11(16)14-12(13)17/h3-8,15H,1-2H3,(H3,13,14,16,17)/t7-,8?/m1/s1. The second-order valence-electron chi connectivity index (χ2n) is 3.83. The highest BCUT2D eigenvalue weighted by molar-refractivity contribution is 5.95. The lowest BCUT2D eigenvalue weighted by Gasteiger charge is -2.17. The molecule has 1 aromatic rings. The molecule has 2 atom stereocenters. The van der Waals surface area contributed by atoms with E-state index in [0.29, 0.717) is 11.3 Å². The van der Waals surface area contributed by atoms with Crippen molar-refractivity contribution in [2.45, 2.75) is 26.1 Å². The number of ether oxygens (including phenoxy) is 1. The number of nitrogens with two attached hydrogens (primary N) is 1. The van der Waals surface area contributed by atoms with Gasteiger partial charge in [-0.1, -0.05) is 18.2 Å². The van der Waals surface area contributed by atoms with Crippen molar-refractivity contribution in [1.82, 2.24) is 5.32 Å². The summed E-state index contributed by atoms with van der Waals surface area (Å²) in [6.45, 7) is 3.08. The molecule has 6 nitrogen and oxygen atoms in total. The van der Waals surface area contributed by atoms with Crippen molar-refractivity contribution in [2.24, 2.45) is 5.73 Å². The number of nitrogens with one attached hydrogen (secondary N) is 1. The second kappa shape index (κ2) is 6.02. The van der Waals surface area contributed by atoms with Crippen molar-refractivity contribution in [2.75, 3.05) is 0 Å². The number of hydrogen-bond donors (Lipinski definition) is 3. The number of aliphatic hydroxyl groups excluding tert-OH is 1. The molecular weight excluding hydrogens is 236 g/mol. The van der Waals surface area contributed by atoms with Crippen molar-refractivity contribution < 1.29 is 19.4 Å². The van der Waals surface area contributed by atoms with Gasteiger partial charge < -0.3 is 15.6 Å². The predicted octanol–water partition coefficient (Wildman–Crippen LogP) is 0.702. The number of aliphatic hydroxyl groups is 1. The number of hydrogen-bond acceptors (Lipinski definition) is 4. The molecule has 6 heteroatoms. The summed E-state index contributed by atoms with van der Waals surface area (Å²) >= 11 is 0. The van der Waals surface area contributed by atoms with Crippen LogP contribution in [0.5, 0.6) is 5.75 Å². The third-order valence-corrected chi connectivity index (χ3v) is 2.29. The molecule has 0 aliphatic carbocycles. The fourth-order valence-electron chi connectivity index (χ4n) is 1.40. The first-order valence-corrected chi connectivity index (χ1v) is 5.45. The first kappa shape index (κ1) is 14.0. The van der Waals surface area contributed by atoms with E-state index in [4.69, 9.17) is 10.5 Å². The van der Waals surface area contributed by atoms with Crippen LogP contribution in [0.1, 0.15) is 25.5 Å². The lowest BCUT2D eigenvalue weighted by atomic mass is 10.1. The van der Waals surface area contributed by atoms with Gasteiger partial charge in [0.2, 0.25) is 0 Å². The zero-order valence-electron chi connectivity index (χ0n) is 10.2. The molecule has 18 heavy (non-hydrogen) atoms. The number of primary amides is 1. The molecule has 4 N–H and O–H groups in total. The molecular formula is C12H16N2O4. The van der Waals surface area contributed by atoms with Gasteiger partial charge in [-0.15, -0.1) is 0 Å². The van der Waals surface area contributed by atoms with Gasteiger partial charge in [0.1, 0.15) is 5.75 Å². The van der Waals surface area contributed by atoms with E-state index in [1.807, 2.05) is 5.32 Å². The Labute approximate surface area is 105 Å². The maximum Gasteiger partial charge on any atom is 0.318 e. The lowest BCUT2D eigenvalue weighted by molar-refractivity contribution is -0.126. The molecule has 0 saturated carbocycles. The van der Waals surface area contributed by atoms with E-state index in [1.54, 1.807) is 31.2 Å².